The quantitative estimate of drug-likeness (QED) is 0.803. The number of rotatable bonds is 1. The van der Waals surface area contributed by atoms with Gasteiger partial charge in [0.2, 0.25) is 0 Å². The van der Waals surface area contributed by atoms with E-state index in [1.807, 2.05) is 36.4 Å². The molecular formula is C16H14BrNO2. The number of carbonyl (C=O) groups is 2. The smallest absolute Gasteiger partial charge is 0.253 e. The Labute approximate surface area is 125 Å². The highest BCUT2D eigenvalue weighted by Crippen LogP contribution is 2.22. The van der Waals surface area contributed by atoms with Crippen LogP contribution in [-0.4, -0.2) is 29.7 Å². The third-order valence-electron chi connectivity index (χ3n) is 3.66. The molecule has 1 aliphatic heterocycles. The lowest BCUT2D eigenvalue weighted by Crippen LogP contribution is -2.38. The fourth-order valence-corrected chi connectivity index (χ4v) is 2.87. The standard InChI is InChI=1S/C16H14BrNO2/c17-14-4-3-11-9-13(2-1-12(11)10-14)16(20)18-7-5-15(19)6-8-18/h1-4,9-10H,5-8H2. The van der Waals surface area contributed by atoms with Crippen LogP contribution in [0.25, 0.3) is 10.8 Å². The zero-order chi connectivity index (χ0) is 14.1. The van der Waals surface area contributed by atoms with Crippen LogP contribution < -0.4 is 0 Å². The summed E-state index contributed by atoms with van der Waals surface area (Å²) in [6, 6.07) is 11.7. The Bertz CT molecular complexity index is 686. The molecule has 0 unspecified atom stereocenters. The van der Waals surface area contributed by atoms with Gasteiger partial charge in [-0.3, -0.25) is 9.59 Å². The lowest BCUT2D eigenvalue weighted by Gasteiger charge is -2.26. The zero-order valence-corrected chi connectivity index (χ0v) is 12.5. The molecule has 1 fully saturated rings. The molecule has 0 atom stereocenters. The molecule has 2 aromatic carbocycles. The molecule has 1 heterocycles. The van der Waals surface area contributed by atoms with Crippen LogP contribution in [0.2, 0.25) is 0 Å². The summed E-state index contributed by atoms with van der Waals surface area (Å²) in [5.41, 5.74) is 0.689. The Balaban J connectivity index is 1.88. The Hall–Kier alpha value is -1.68. The SMILES string of the molecule is O=C1CCN(C(=O)c2ccc3cc(Br)ccc3c2)CC1. The van der Waals surface area contributed by atoms with Crippen molar-refractivity contribution in [3.8, 4) is 0 Å². The molecule has 20 heavy (non-hydrogen) atoms. The summed E-state index contributed by atoms with van der Waals surface area (Å²) in [5, 5.41) is 2.15. The first kappa shape index (κ1) is 13.3. The maximum Gasteiger partial charge on any atom is 0.253 e. The molecule has 0 aromatic heterocycles. The summed E-state index contributed by atoms with van der Waals surface area (Å²) in [6.07, 6.45) is 0.957. The molecule has 0 bridgehead atoms. The third-order valence-corrected chi connectivity index (χ3v) is 4.15. The van der Waals surface area contributed by atoms with Gasteiger partial charge in [-0.25, -0.2) is 0 Å². The normalized spacial score (nSPS) is 15.7. The van der Waals surface area contributed by atoms with Gasteiger partial charge in [0.25, 0.3) is 5.91 Å². The minimum absolute atomic E-state index is 0.0160. The van der Waals surface area contributed by atoms with Gasteiger partial charge >= 0.3 is 0 Å². The molecule has 3 rings (SSSR count). The molecule has 0 N–H and O–H groups in total. The van der Waals surface area contributed by atoms with E-state index in [1.54, 1.807) is 4.90 Å². The maximum absolute atomic E-state index is 12.4. The molecule has 1 saturated heterocycles. The van der Waals surface area contributed by atoms with Crippen LogP contribution in [0.1, 0.15) is 23.2 Å². The molecule has 0 aliphatic carbocycles. The zero-order valence-electron chi connectivity index (χ0n) is 10.9. The minimum atomic E-state index is 0.0160. The number of hydrogen-bond acceptors (Lipinski definition) is 2. The van der Waals surface area contributed by atoms with Crippen molar-refractivity contribution in [2.75, 3.05) is 13.1 Å². The highest BCUT2D eigenvalue weighted by atomic mass is 79.9. The Morgan fingerprint density at radius 1 is 1.00 bits per heavy atom. The van der Waals surface area contributed by atoms with Gasteiger partial charge in [0.1, 0.15) is 5.78 Å². The van der Waals surface area contributed by atoms with Crippen LogP contribution in [0.3, 0.4) is 0 Å². The van der Waals surface area contributed by atoms with Crippen LogP contribution in [0.4, 0.5) is 0 Å². The van der Waals surface area contributed by atoms with Crippen molar-refractivity contribution in [1.82, 2.24) is 4.90 Å². The van der Waals surface area contributed by atoms with E-state index in [1.165, 1.54) is 0 Å². The number of ketones is 1. The van der Waals surface area contributed by atoms with Crippen molar-refractivity contribution in [2.24, 2.45) is 0 Å². The third kappa shape index (κ3) is 2.61. The first-order chi connectivity index (χ1) is 9.63. The monoisotopic (exact) mass is 331 g/mol. The molecular weight excluding hydrogens is 318 g/mol. The second kappa shape index (κ2) is 5.37. The molecule has 0 spiro atoms. The van der Waals surface area contributed by atoms with E-state index in [0.29, 0.717) is 31.5 Å². The van der Waals surface area contributed by atoms with Crippen molar-refractivity contribution in [3.05, 3.63) is 46.4 Å². The number of amides is 1. The fraction of sp³-hybridized carbons (Fsp3) is 0.250. The van der Waals surface area contributed by atoms with Gasteiger partial charge in [-0.1, -0.05) is 28.1 Å². The minimum Gasteiger partial charge on any atom is -0.338 e. The van der Waals surface area contributed by atoms with E-state index >= 15 is 0 Å². The van der Waals surface area contributed by atoms with Crippen molar-refractivity contribution in [1.29, 1.82) is 0 Å². The average Bonchev–Trinajstić information content (AvgIpc) is 2.47. The van der Waals surface area contributed by atoms with Gasteiger partial charge in [-0.15, -0.1) is 0 Å². The van der Waals surface area contributed by atoms with Crippen LogP contribution >= 0.6 is 15.9 Å². The number of nitrogens with zero attached hydrogens (tertiary/aromatic N) is 1. The van der Waals surface area contributed by atoms with Crippen LogP contribution in [0, 0.1) is 0 Å². The van der Waals surface area contributed by atoms with Gasteiger partial charge < -0.3 is 4.90 Å². The predicted octanol–water partition coefficient (Wildman–Crippen LogP) is 3.41. The van der Waals surface area contributed by atoms with E-state index in [0.717, 1.165) is 15.2 Å². The van der Waals surface area contributed by atoms with Crippen molar-refractivity contribution in [2.45, 2.75) is 12.8 Å². The topological polar surface area (TPSA) is 37.4 Å². The Kier molecular flexibility index (Phi) is 3.57. The Morgan fingerprint density at radius 3 is 2.40 bits per heavy atom. The number of halogens is 1. The number of piperidine rings is 1. The van der Waals surface area contributed by atoms with Crippen molar-refractivity contribution in [3.63, 3.8) is 0 Å². The molecule has 1 amide bonds. The van der Waals surface area contributed by atoms with Crippen LogP contribution in [0.15, 0.2) is 40.9 Å². The summed E-state index contributed by atoms with van der Waals surface area (Å²) < 4.78 is 1.03. The van der Waals surface area contributed by atoms with E-state index in [-0.39, 0.29) is 11.7 Å². The van der Waals surface area contributed by atoms with E-state index in [4.69, 9.17) is 0 Å². The Morgan fingerprint density at radius 2 is 1.65 bits per heavy atom. The van der Waals surface area contributed by atoms with Gasteiger partial charge in [-0.2, -0.15) is 0 Å². The number of fused-ring (bicyclic) bond motifs is 1. The molecule has 3 nitrogen and oxygen atoms in total. The molecule has 4 heteroatoms. The largest absolute Gasteiger partial charge is 0.338 e. The van der Waals surface area contributed by atoms with Gasteiger partial charge in [0.15, 0.2) is 0 Å². The first-order valence-electron chi connectivity index (χ1n) is 6.64. The molecule has 2 aromatic rings. The molecule has 102 valence electrons. The first-order valence-corrected chi connectivity index (χ1v) is 7.43. The predicted molar refractivity (Wildman–Crippen MR) is 81.8 cm³/mol. The lowest BCUT2D eigenvalue weighted by molar-refractivity contribution is -0.120. The van der Waals surface area contributed by atoms with Gasteiger partial charge in [0, 0.05) is 36.0 Å². The average molecular weight is 332 g/mol. The lowest BCUT2D eigenvalue weighted by atomic mass is 10.0. The molecule has 0 radical (unpaired) electrons. The number of Topliss-reactive ketones (excluding diaryl/α,β-unsaturated/α-hetero) is 1. The van der Waals surface area contributed by atoms with Crippen molar-refractivity contribution < 1.29 is 9.59 Å². The molecule has 0 saturated carbocycles. The van der Waals surface area contributed by atoms with E-state index < -0.39 is 0 Å². The van der Waals surface area contributed by atoms with E-state index in [2.05, 4.69) is 15.9 Å². The summed E-state index contributed by atoms with van der Waals surface area (Å²) in [6.45, 7) is 1.08. The number of hydrogen-bond donors (Lipinski definition) is 0. The van der Waals surface area contributed by atoms with E-state index in [9.17, 15) is 9.59 Å². The van der Waals surface area contributed by atoms with Gasteiger partial charge in [0.05, 0.1) is 0 Å². The highest BCUT2D eigenvalue weighted by Gasteiger charge is 2.21. The number of carbonyl (C=O) groups excluding carboxylic acids is 2. The number of benzene rings is 2. The summed E-state index contributed by atoms with van der Waals surface area (Å²) >= 11 is 3.44. The second-order valence-electron chi connectivity index (χ2n) is 5.04. The maximum atomic E-state index is 12.4. The summed E-state index contributed by atoms with van der Waals surface area (Å²) in [7, 11) is 0. The van der Waals surface area contributed by atoms with Crippen molar-refractivity contribution >= 4 is 38.4 Å². The fourth-order valence-electron chi connectivity index (χ4n) is 2.49. The van der Waals surface area contributed by atoms with Crippen LogP contribution in [0.5, 0.6) is 0 Å². The highest BCUT2D eigenvalue weighted by molar-refractivity contribution is 9.10. The second-order valence-corrected chi connectivity index (χ2v) is 5.95. The van der Waals surface area contributed by atoms with Crippen LogP contribution in [-0.2, 0) is 4.79 Å². The summed E-state index contributed by atoms with van der Waals surface area (Å²) in [4.78, 5) is 25.4. The van der Waals surface area contributed by atoms with Gasteiger partial charge in [-0.05, 0) is 35.0 Å². The summed E-state index contributed by atoms with van der Waals surface area (Å²) in [5.74, 6) is 0.264. The molecule has 1 aliphatic rings. The number of likely N-dealkylation sites (tertiary alicyclic amines) is 1.